The number of carbonyl (C=O) groups is 2. The van der Waals surface area contributed by atoms with E-state index in [0.717, 1.165) is 38.7 Å². The fourth-order valence-corrected chi connectivity index (χ4v) is 4.87. The molecule has 5 nitrogen and oxygen atoms in total. The van der Waals surface area contributed by atoms with Gasteiger partial charge in [-0.1, -0.05) is 48.0 Å². The van der Waals surface area contributed by atoms with Crippen molar-refractivity contribution in [2.75, 3.05) is 4.90 Å². The number of amides is 2. The molecule has 2 heterocycles. The molecule has 1 aliphatic rings. The van der Waals surface area contributed by atoms with Gasteiger partial charge in [-0.15, -0.1) is 0 Å². The Labute approximate surface area is 199 Å². The van der Waals surface area contributed by atoms with Crippen LogP contribution in [0.25, 0.3) is 17.0 Å². The van der Waals surface area contributed by atoms with Gasteiger partial charge < -0.3 is 4.57 Å². The van der Waals surface area contributed by atoms with Crippen LogP contribution in [0.2, 0.25) is 5.02 Å². The molecule has 0 aliphatic carbocycles. The molecule has 5 rings (SSSR count). The lowest BCUT2D eigenvalue weighted by Crippen LogP contribution is -2.27. The molecule has 0 saturated carbocycles. The zero-order chi connectivity index (χ0) is 22.9. The quantitative estimate of drug-likeness (QED) is 0.322. The van der Waals surface area contributed by atoms with E-state index in [4.69, 9.17) is 16.9 Å². The normalized spacial score (nSPS) is 14.9. The van der Waals surface area contributed by atoms with Crippen LogP contribution in [0.15, 0.2) is 83.9 Å². The molecule has 4 aromatic rings. The highest BCUT2D eigenvalue weighted by Crippen LogP contribution is 2.37. The maximum absolute atomic E-state index is 13.1. The fourth-order valence-electron chi connectivity index (χ4n) is 3.85. The molecule has 0 radical (unpaired) electrons. The Hall–Kier alpha value is -3.79. The number of thioether (sulfide) groups is 1. The van der Waals surface area contributed by atoms with Gasteiger partial charge in [0.05, 0.1) is 22.2 Å². The largest absolute Gasteiger partial charge is 0.342 e. The fraction of sp³-hybridized carbons (Fsp3) is 0.0385. The van der Waals surface area contributed by atoms with Crippen molar-refractivity contribution < 1.29 is 9.59 Å². The molecule has 2 amide bonds. The number of benzene rings is 3. The number of hydrogen-bond donors (Lipinski definition) is 0. The molecule has 7 heteroatoms. The Morgan fingerprint density at radius 2 is 1.79 bits per heavy atom. The SMILES string of the molecule is N#Cc1ccc(Cn2cc(/C=C3\SC(=O)N(c4cccc(Cl)c4)C3=O)c3ccccc32)cc1. The van der Waals surface area contributed by atoms with E-state index >= 15 is 0 Å². The summed E-state index contributed by atoms with van der Waals surface area (Å²) in [7, 11) is 0. The topological polar surface area (TPSA) is 66.1 Å². The summed E-state index contributed by atoms with van der Waals surface area (Å²) in [4.78, 5) is 27.2. The van der Waals surface area contributed by atoms with Crippen molar-refractivity contribution >= 4 is 57.2 Å². The van der Waals surface area contributed by atoms with Gasteiger partial charge in [0, 0.05) is 34.2 Å². The number of aromatic nitrogens is 1. The Balaban J connectivity index is 1.51. The van der Waals surface area contributed by atoms with Gasteiger partial charge in [-0.25, -0.2) is 4.90 Å². The summed E-state index contributed by atoms with van der Waals surface area (Å²) < 4.78 is 2.10. The van der Waals surface area contributed by atoms with Gasteiger partial charge in [0.2, 0.25) is 0 Å². The minimum Gasteiger partial charge on any atom is -0.342 e. The van der Waals surface area contributed by atoms with Crippen LogP contribution in [0, 0.1) is 11.3 Å². The first-order chi connectivity index (χ1) is 16.0. The molecule has 33 heavy (non-hydrogen) atoms. The van der Waals surface area contributed by atoms with Crippen LogP contribution in [-0.4, -0.2) is 15.7 Å². The summed E-state index contributed by atoms with van der Waals surface area (Å²) in [6.07, 6.45) is 3.75. The van der Waals surface area contributed by atoms with Crippen molar-refractivity contribution in [2.45, 2.75) is 6.54 Å². The van der Waals surface area contributed by atoms with Gasteiger partial charge >= 0.3 is 0 Å². The number of rotatable bonds is 4. The number of anilines is 1. The van der Waals surface area contributed by atoms with Crippen molar-refractivity contribution in [3.63, 3.8) is 0 Å². The number of nitrogens with zero attached hydrogens (tertiary/aromatic N) is 3. The third-order valence-corrected chi connectivity index (χ3v) is 6.51. The van der Waals surface area contributed by atoms with Crippen LogP contribution >= 0.6 is 23.4 Å². The van der Waals surface area contributed by atoms with Crippen LogP contribution in [0.1, 0.15) is 16.7 Å². The first-order valence-electron chi connectivity index (χ1n) is 10.1. The summed E-state index contributed by atoms with van der Waals surface area (Å²) in [6.45, 7) is 0.615. The van der Waals surface area contributed by atoms with E-state index in [2.05, 4.69) is 10.6 Å². The van der Waals surface area contributed by atoms with Crippen LogP contribution in [0.5, 0.6) is 0 Å². The molecule has 1 fully saturated rings. The van der Waals surface area contributed by atoms with E-state index in [1.165, 1.54) is 0 Å². The third-order valence-electron chi connectivity index (χ3n) is 5.40. The Kier molecular flexibility index (Phi) is 5.51. The van der Waals surface area contributed by atoms with Crippen LogP contribution in [0.3, 0.4) is 0 Å². The lowest BCUT2D eigenvalue weighted by atomic mass is 10.1. The minimum atomic E-state index is -0.365. The number of halogens is 1. The van der Waals surface area contributed by atoms with Crippen molar-refractivity contribution in [2.24, 2.45) is 0 Å². The predicted octanol–water partition coefficient (Wildman–Crippen LogP) is 6.46. The van der Waals surface area contributed by atoms with Crippen LogP contribution < -0.4 is 4.90 Å². The van der Waals surface area contributed by atoms with Crippen molar-refractivity contribution in [1.29, 1.82) is 5.26 Å². The molecule has 1 aromatic heterocycles. The van der Waals surface area contributed by atoms with Gasteiger partial charge in [0.25, 0.3) is 11.1 Å². The molecule has 0 unspecified atom stereocenters. The standard InChI is InChI=1S/C26H16ClN3O2S/c27-20-4-3-5-21(13-20)30-25(31)24(33-26(30)32)12-19-16-29(23-7-2-1-6-22(19)23)15-18-10-8-17(14-28)9-11-18/h1-13,16H,15H2/b24-12-. The van der Waals surface area contributed by atoms with E-state index in [0.29, 0.717) is 27.7 Å². The molecular formula is C26H16ClN3O2S. The number of imide groups is 1. The molecule has 1 aliphatic heterocycles. The van der Waals surface area contributed by atoms with Crippen molar-refractivity contribution in [1.82, 2.24) is 4.57 Å². The molecule has 0 bridgehead atoms. The average molecular weight is 470 g/mol. The number of nitriles is 1. The van der Waals surface area contributed by atoms with Gasteiger partial charge in [-0.3, -0.25) is 9.59 Å². The maximum atomic E-state index is 13.1. The highest BCUT2D eigenvalue weighted by Gasteiger charge is 2.36. The van der Waals surface area contributed by atoms with Gasteiger partial charge in [0.1, 0.15) is 0 Å². The summed E-state index contributed by atoms with van der Waals surface area (Å²) >= 11 is 6.97. The number of fused-ring (bicyclic) bond motifs is 1. The minimum absolute atomic E-state index is 0.352. The highest BCUT2D eigenvalue weighted by atomic mass is 35.5. The Morgan fingerprint density at radius 3 is 2.55 bits per heavy atom. The smallest absolute Gasteiger partial charge is 0.298 e. The Morgan fingerprint density at radius 1 is 1.00 bits per heavy atom. The first kappa shape index (κ1) is 21.1. The van der Waals surface area contributed by atoms with Gasteiger partial charge in [0.15, 0.2) is 0 Å². The maximum Gasteiger partial charge on any atom is 0.298 e. The summed E-state index contributed by atoms with van der Waals surface area (Å²) in [5.41, 5.74) is 4.00. The first-order valence-corrected chi connectivity index (χ1v) is 11.3. The lowest BCUT2D eigenvalue weighted by Gasteiger charge is -2.12. The van der Waals surface area contributed by atoms with E-state index in [-0.39, 0.29) is 11.1 Å². The monoisotopic (exact) mass is 469 g/mol. The second-order valence-electron chi connectivity index (χ2n) is 7.54. The molecule has 3 aromatic carbocycles. The predicted molar refractivity (Wildman–Crippen MR) is 132 cm³/mol. The third kappa shape index (κ3) is 4.05. The van der Waals surface area contributed by atoms with Gasteiger partial charge in [-0.2, -0.15) is 5.26 Å². The second kappa shape index (κ2) is 8.62. The molecule has 0 atom stereocenters. The molecule has 1 saturated heterocycles. The van der Waals surface area contributed by atoms with Crippen LogP contribution in [0.4, 0.5) is 10.5 Å². The average Bonchev–Trinajstić information content (AvgIpc) is 3.30. The second-order valence-corrected chi connectivity index (χ2v) is 8.96. The van der Waals surface area contributed by atoms with E-state index in [9.17, 15) is 9.59 Å². The number of hydrogen-bond acceptors (Lipinski definition) is 4. The molecule has 160 valence electrons. The highest BCUT2D eigenvalue weighted by molar-refractivity contribution is 8.19. The summed E-state index contributed by atoms with van der Waals surface area (Å²) in [5.74, 6) is -0.365. The number of para-hydroxylation sites is 1. The number of carbonyl (C=O) groups excluding carboxylic acids is 2. The summed E-state index contributed by atoms with van der Waals surface area (Å²) in [6, 6.07) is 24.2. The van der Waals surface area contributed by atoms with Gasteiger partial charge in [-0.05, 0) is 59.8 Å². The van der Waals surface area contributed by atoms with E-state index in [1.807, 2.05) is 42.6 Å². The molecule has 0 spiro atoms. The summed E-state index contributed by atoms with van der Waals surface area (Å²) in [5, 5.41) is 10.1. The van der Waals surface area contributed by atoms with Crippen LogP contribution in [-0.2, 0) is 11.3 Å². The lowest BCUT2D eigenvalue weighted by molar-refractivity contribution is -0.113. The van der Waals surface area contributed by atoms with E-state index in [1.54, 1.807) is 42.5 Å². The zero-order valence-electron chi connectivity index (χ0n) is 17.2. The Bertz CT molecular complexity index is 1480. The zero-order valence-corrected chi connectivity index (χ0v) is 18.8. The molecular weight excluding hydrogens is 454 g/mol. The van der Waals surface area contributed by atoms with Crippen molar-refractivity contribution in [3.05, 3.63) is 106 Å². The van der Waals surface area contributed by atoms with Crippen molar-refractivity contribution in [3.8, 4) is 6.07 Å². The van der Waals surface area contributed by atoms with E-state index < -0.39 is 0 Å². The molecule has 0 N–H and O–H groups in total.